The monoisotopic (exact) mass is 315 g/mol. The van der Waals surface area contributed by atoms with Gasteiger partial charge in [0, 0.05) is 11.8 Å². The molecule has 1 atom stereocenters. The van der Waals surface area contributed by atoms with E-state index in [0.717, 1.165) is 29.7 Å². The van der Waals surface area contributed by atoms with Crippen LogP contribution >= 0.6 is 11.8 Å². The van der Waals surface area contributed by atoms with Crippen LogP contribution in [0.25, 0.3) is 0 Å². The molecular formula is C14H21NO3S2. The average Bonchev–Trinajstić information content (AvgIpc) is 2.92. The van der Waals surface area contributed by atoms with Crippen LogP contribution in [0, 0.1) is 13.8 Å². The molecule has 0 aromatic heterocycles. The topological polar surface area (TPSA) is 66.4 Å². The van der Waals surface area contributed by atoms with E-state index in [4.69, 9.17) is 0 Å². The zero-order valence-corrected chi connectivity index (χ0v) is 13.5. The summed E-state index contributed by atoms with van der Waals surface area (Å²) in [5.74, 6) is 1.12. The van der Waals surface area contributed by atoms with E-state index in [0.29, 0.717) is 17.4 Å². The zero-order chi connectivity index (χ0) is 14.8. The first-order valence-electron chi connectivity index (χ1n) is 6.76. The van der Waals surface area contributed by atoms with Crippen molar-refractivity contribution >= 4 is 21.8 Å². The summed E-state index contributed by atoms with van der Waals surface area (Å²) in [6, 6.07) is 3.38. The molecule has 0 radical (unpaired) electrons. The van der Waals surface area contributed by atoms with Crippen molar-refractivity contribution in [3.8, 4) is 0 Å². The Bertz CT molecular complexity index is 578. The van der Waals surface area contributed by atoms with Crippen molar-refractivity contribution in [3.63, 3.8) is 0 Å². The van der Waals surface area contributed by atoms with Crippen LogP contribution in [0.2, 0.25) is 0 Å². The molecule has 2 rings (SSSR count). The Morgan fingerprint density at radius 3 is 2.75 bits per heavy atom. The highest BCUT2D eigenvalue weighted by atomic mass is 32.2. The minimum absolute atomic E-state index is 0.151. The lowest BCUT2D eigenvalue weighted by atomic mass is 10.1. The second-order valence-electron chi connectivity index (χ2n) is 5.18. The number of aryl methyl sites for hydroxylation is 1. The molecule has 1 unspecified atom stereocenters. The number of hydrogen-bond donors (Lipinski definition) is 2. The fraction of sp³-hybridized carbons (Fsp3) is 0.571. The number of hydrogen-bond acceptors (Lipinski definition) is 4. The Balaban J connectivity index is 2.21. The Morgan fingerprint density at radius 2 is 2.15 bits per heavy atom. The van der Waals surface area contributed by atoms with Crippen LogP contribution in [0.15, 0.2) is 17.0 Å². The van der Waals surface area contributed by atoms with E-state index in [-0.39, 0.29) is 11.5 Å². The second kappa shape index (κ2) is 6.47. The quantitative estimate of drug-likeness (QED) is 0.872. The number of sulfonamides is 1. The summed E-state index contributed by atoms with van der Waals surface area (Å²) in [6.45, 7) is 3.99. The van der Waals surface area contributed by atoms with E-state index < -0.39 is 10.0 Å². The number of thioether (sulfide) groups is 1. The maximum Gasteiger partial charge on any atom is 0.240 e. The molecule has 1 aliphatic rings. The van der Waals surface area contributed by atoms with Gasteiger partial charge >= 0.3 is 0 Å². The summed E-state index contributed by atoms with van der Waals surface area (Å²) >= 11 is 1.83. The number of benzene rings is 1. The number of aliphatic hydroxyl groups is 1. The SMILES string of the molecule is Cc1cc(CO)cc(S(=O)(=O)NCC2CCCS2)c1C. The first-order chi connectivity index (χ1) is 9.44. The summed E-state index contributed by atoms with van der Waals surface area (Å²) in [5.41, 5.74) is 2.25. The molecule has 0 amide bonds. The van der Waals surface area contributed by atoms with Crippen LogP contribution in [0.3, 0.4) is 0 Å². The van der Waals surface area contributed by atoms with E-state index in [1.807, 2.05) is 24.8 Å². The molecule has 0 saturated carbocycles. The first kappa shape index (κ1) is 15.8. The zero-order valence-electron chi connectivity index (χ0n) is 11.8. The number of rotatable bonds is 5. The molecule has 6 heteroatoms. The Kier molecular flexibility index (Phi) is 5.12. The van der Waals surface area contributed by atoms with Gasteiger partial charge in [-0.2, -0.15) is 11.8 Å². The Labute approximate surface area is 125 Å². The second-order valence-corrected chi connectivity index (χ2v) is 8.32. The highest BCUT2D eigenvalue weighted by Crippen LogP contribution is 2.26. The Hall–Kier alpha value is -0.560. The normalized spacial score (nSPS) is 19.4. The highest BCUT2D eigenvalue weighted by molar-refractivity contribution is 8.00. The van der Waals surface area contributed by atoms with Crippen LogP contribution in [0.5, 0.6) is 0 Å². The van der Waals surface area contributed by atoms with Gasteiger partial charge in [-0.1, -0.05) is 6.07 Å². The number of aliphatic hydroxyl groups excluding tert-OH is 1. The molecule has 112 valence electrons. The summed E-state index contributed by atoms with van der Waals surface area (Å²) in [7, 11) is -3.51. The molecule has 1 saturated heterocycles. The predicted octanol–water partition coefficient (Wildman–Crippen LogP) is 1.97. The van der Waals surface area contributed by atoms with Gasteiger partial charge in [-0.3, -0.25) is 0 Å². The van der Waals surface area contributed by atoms with Gasteiger partial charge in [0.25, 0.3) is 0 Å². The van der Waals surface area contributed by atoms with E-state index in [2.05, 4.69) is 4.72 Å². The van der Waals surface area contributed by atoms with Crippen LogP contribution in [0.1, 0.15) is 29.5 Å². The minimum Gasteiger partial charge on any atom is -0.392 e. The van der Waals surface area contributed by atoms with Crippen molar-refractivity contribution in [2.45, 2.75) is 43.4 Å². The third-order valence-corrected chi connectivity index (χ3v) is 6.62. The fourth-order valence-electron chi connectivity index (χ4n) is 2.36. The highest BCUT2D eigenvalue weighted by Gasteiger charge is 2.22. The smallest absolute Gasteiger partial charge is 0.240 e. The van der Waals surface area contributed by atoms with Crippen molar-refractivity contribution in [2.75, 3.05) is 12.3 Å². The molecule has 0 aliphatic carbocycles. The maximum absolute atomic E-state index is 12.4. The first-order valence-corrected chi connectivity index (χ1v) is 9.29. The molecule has 1 aromatic carbocycles. The largest absolute Gasteiger partial charge is 0.392 e. The lowest BCUT2D eigenvalue weighted by Crippen LogP contribution is -2.30. The van der Waals surface area contributed by atoms with Crippen molar-refractivity contribution < 1.29 is 13.5 Å². The molecule has 1 fully saturated rings. The molecule has 2 N–H and O–H groups in total. The summed E-state index contributed by atoms with van der Waals surface area (Å²) in [5, 5.41) is 9.61. The van der Waals surface area contributed by atoms with Crippen LogP contribution in [-0.2, 0) is 16.6 Å². The van der Waals surface area contributed by atoms with Crippen LogP contribution < -0.4 is 4.72 Å². The van der Waals surface area contributed by atoms with Crippen molar-refractivity contribution in [3.05, 3.63) is 28.8 Å². The minimum atomic E-state index is -3.51. The third kappa shape index (κ3) is 3.55. The van der Waals surface area contributed by atoms with Gasteiger partial charge in [-0.25, -0.2) is 13.1 Å². The van der Waals surface area contributed by atoms with Gasteiger partial charge < -0.3 is 5.11 Å². The van der Waals surface area contributed by atoms with Crippen molar-refractivity contribution in [1.29, 1.82) is 0 Å². The van der Waals surface area contributed by atoms with Gasteiger partial charge in [0.2, 0.25) is 10.0 Å². The van der Waals surface area contributed by atoms with Crippen molar-refractivity contribution in [1.82, 2.24) is 4.72 Å². The van der Waals surface area contributed by atoms with Crippen LogP contribution in [-0.4, -0.2) is 31.1 Å². The molecule has 20 heavy (non-hydrogen) atoms. The Morgan fingerprint density at radius 1 is 1.40 bits per heavy atom. The third-order valence-electron chi connectivity index (χ3n) is 3.68. The van der Waals surface area contributed by atoms with Gasteiger partial charge in [0.1, 0.15) is 0 Å². The molecule has 0 spiro atoms. The predicted molar refractivity (Wildman–Crippen MR) is 82.5 cm³/mol. The van der Waals surface area contributed by atoms with E-state index in [1.54, 1.807) is 13.0 Å². The lowest BCUT2D eigenvalue weighted by Gasteiger charge is -2.14. The molecule has 1 heterocycles. The van der Waals surface area contributed by atoms with E-state index in [9.17, 15) is 13.5 Å². The summed E-state index contributed by atoms with van der Waals surface area (Å²) in [6.07, 6.45) is 2.23. The molecular weight excluding hydrogens is 294 g/mol. The molecule has 4 nitrogen and oxygen atoms in total. The summed E-state index contributed by atoms with van der Waals surface area (Å²) in [4.78, 5) is 0.282. The average molecular weight is 315 g/mol. The fourth-order valence-corrected chi connectivity index (χ4v) is 5.11. The van der Waals surface area contributed by atoms with Gasteiger partial charge in [-0.15, -0.1) is 0 Å². The molecule has 1 aliphatic heterocycles. The van der Waals surface area contributed by atoms with Gasteiger partial charge in [0.05, 0.1) is 11.5 Å². The van der Waals surface area contributed by atoms with Crippen molar-refractivity contribution in [2.24, 2.45) is 0 Å². The summed E-state index contributed by atoms with van der Waals surface area (Å²) < 4.78 is 27.6. The molecule has 1 aromatic rings. The van der Waals surface area contributed by atoms with Gasteiger partial charge in [-0.05, 0) is 55.2 Å². The van der Waals surface area contributed by atoms with E-state index in [1.165, 1.54) is 0 Å². The lowest BCUT2D eigenvalue weighted by molar-refractivity contribution is 0.281. The number of nitrogens with one attached hydrogen (secondary N) is 1. The van der Waals surface area contributed by atoms with E-state index >= 15 is 0 Å². The van der Waals surface area contributed by atoms with Gasteiger partial charge in [0.15, 0.2) is 0 Å². The maximum atomic E-state index is 12.4. The van der Waals surface area contributed by atoms with Crippen LogP contribution in [0.4, 0.5) is 0 Å². The molecule has 0 bridgehead atoms. The standard InChI is InChI=1S/C14H21NO3S2/c1-10-6-12(9-16)7-14(11(10)2)20(17,18)15-8-13-4-3-5-19-13/h6-7,13,15-16H,3-5,8-9H2,1-2H3.